The van der Waals surface area contributed by atoms with Crippen LogP contribution in [0.1, 0.15) is 16.7 Å². The summed E-state index contributed by atoms with van der Waals surface area (Å²) in [6.07, 6.45) is -10.3. The van der Waals surface area contributed by atoms with E-state index >= 15 is 13.2 Å². The maximum absolute atomic E-state index is 15.4. The Balaban J connectivity index is 1.28. The number of nitrogens with zero attached hydrogens (tertiary/aromatic N) is 5. The Labute approximate surface area is 396 Å². The zero-order valence-electron chi connectivity index (χ0n) is 36.4. The zero-order valence-corrected chi connectivity index (χ0v) is 36.4. The van der Waals surface area contributed by atoms with Gasteiger partial charge in [-0.15, -0.1) is 0 Å². The van der Waals surface area contributed by atoms with Gasteiger partial charge in [-0.1, -0.05) is 121 Å². The number of aromatic nitrogens is 2. The quantitative estimate of drug-likeness (QED) is 0.121. The Hall–Kier alpha value is -9.37. The second kappa shape index (κ2) is 16.4. The molecule has 0 saturated carbocycles. The molecule has 334 valence electrons. The molecule has 0 saturated heterocycles. The lowest BCUT2D eigenvalue weighted by molar-refractivity contribution is -0.142. The molecule has 11 heteroatoms. The minimum atomic E-state index is -5.23. The number of benzene rings is 9. The van der Waals surface area contributed by atoms with Gasteiger partial charge in [-0.05, 0) is 100 Å². The van der Waals surface area contributed by atoms with Gasteiger partial charge in [0.15, 0.2) is 11.4 Å². The fourth-order valence-corrected chi connectivity index (χ4v) is 9.92. The Kier molecular flexibility index (Phi) is 10.2. The summed E-state index contributed by atoms with van der Waals surface area (Å²) in [4.78, 5) is 7.76. The van der Waals surface area contributed by atoms with Crippen LogP contribution in [-0.2, 0) is 12.4 Å². The van der Waals surface area contributed by atoms with Crippen LogP contribution < -0.4 is 0 Å². The van der Waals surface area contributed by atoms with Crippen LogP contribution in [-0.4, -0.2) is 9.13 Å². The molecule has 0 unspecified atom stereocenters. The first-order valence-corrected chi connectivity index (χ1v) is 21.9. The van der Waals surface area contributed by atoms with Gasteiger partial charge in [-0.3, -0.25) is 0 Å². The Bertz CT molecular complexity index is 4100. The van der Waals surface area contributed by atoms with Gasteiger partial charge in [-0.2, -0.15) is 31.6 Å². The van der Waals surface area contributed by atoms with Crippen LogP contribution in [0.4, 0.5) is 37.7 Å². The molecule has 9 aromatic carbocycles. The minimum absolute atomic E-state index is 0.0554. The Morgan fingerprint density at radius 2 is 0.914 bits per heavy atom. The summed E-state index contributed by atoms with van der Waals surface area (Å²) >= 11 is 0. The van der Waals surface area contributed by atoms with Crippen LogP contribution in [0.3, 0.4) is 0 Å². The van der Waals surface area contributed by atoms with Gasteiger partial charge in [0, 0.05) is 38.4 Å². The van der Waals surface area contributed by atoms with Crippen LogP contribution in [0.5, 0.6) is 0 Å². The Morgan fingerprint density at radius 1 is 0.414 bits per heavy atom. The van der Waals surface area contributed by atoms with Gasteiger partial charge < -0.3 is 9.13 Å². The molecule has 11 rings (SSSR count). The van der Waals surface area contributed by atoms with Crippen molar-refractivity contribution in [1.82, 2.24) is 9.13 Å². The monoisotopic (exact) mass is 923 g/mol. The van der Waals surface area contributed by atoms with Crippen molar-refractivity contribution in [2.45, 2.75) is 12.4 Å². The second-order valence-electron chi connectivity index (χ2n) is 16.7. The fraction of sp³-hybridized carbons (Fsp3) is 0.0339. The lowest BCUT2D eigenvalue weighted by Gasteiger charge is -2.24. The molecule has 0 fully saturated rings. The predicted octanol–water partition coefficient (Wildman–Crippen LogP) is 17.6. The molecule has 0 aliphatic carbocycles. The lowest BCUT2D eigenvalue weighted by Crippen LogP contribution is -2.12. The molecule has 5 nitrogen and oxygen atoms in total. The molecular formula is C59H31F6N5. The summed E-state index contributed by atoms with van der Waals surface area (Å²) in [5.74, 6) is 0. The van der Waals surface area contributed by atoms with E-state index in [0.717, 1.165) is 44.3 Å². The van der Waals surface area contributed by atoms with Crippen molar-refractivity contribution in [3.63, 3.8) is 0 Å². The molecule has 11 aromatic rings. The second-order valence-corrected chi connectivity index (χ2v) is 16.7. The number of nitriles is 1. The molecule has 2 aromatic heterocycles. The average molecular weight is 924 g/mol. The molecule has 0 N–H and O–H groups in total. The highest BCUT2D eigenvalue weighted by Crippen LogP contribution is 2.51. The van der Waals surface area contributed by atoms with E-state index in [2.05, 4.69) is 15.8 Å². The first kappa shape index (κ1) is 43.2. The van der Waals surface area contributed by atoms with Crippen molar-refractivity contribution >= 4 is 55.0 Å². The molecule has 0 atom stereocenters. The topological polar surface area (TPSA) is 42.4 Å². The third-order valence-electron chi connectivity index (χ3n) is 12.9. The first-order chi connectivity index (χ1) is 33.9. The Morgan fingerprint density at radius 3 is 1.51 bits per heavy atom. The van der Waals surface area contributed by atoms with Gasteiger partial charge in [0.25, 0.3) is 0 Å². The van der Waals surface area contributed by atoms with Crippen molar-refractivity contribution < 1.29 is 26.3 Å². The van der Waals surface area contributed by atoms with Gasteiger partial charge in [0.05, 0.1) is 63.7 Å². The fourth-order valence-electron chi connectivity index (χ4n) is 9.92. The number of rotatable bonds is 6. The third kappa shape index (κ3) is 6.93. The van der Waals surface area contributed by atoms with Crippen LogP contribution in [0.25, 0.3) is 109 Å². The molecule has 2 heterocycles. The van der Waals surface area contributed by atoms with Gasteiger partial charge in [0.1, 0.15) is 0 Å². The predicted molar refractivity (Wildman–Crippen MR) is 264 cm³/mol. The van der Waals surface area contributed by atoms with E-state index in [4.69, 9.17) is 13.1 Å². The molecule has 0 aliphatic heterocycles. The summed E-state index contributed by atoms with van der Waals surface area (Å²) in [6.45, 7) is 16.5. The van der Waals surface area contributed by atoms with E-state index in [9.17, 15) is 18.4 Å². The zero-order chi connectivity index (χ0) is 48.5. The molecule has 0 spiro atoms. The van der Waals surface area contributed by atoms with Crippen LogP contribution >= 0.6 is 0 Å². The van der Waals surface area contributed by atoms with Crippen molar-refractivity contribution in [3.8, 4) is 62.0 Å². The number of alkyl halides is 6. The van der Waals surface area contributed by atoms with Crippen molar-refractivity contribution in [2.75, 3.05) is 0 Å². The summed E-state index contributed by atoms with van der Waals surface area (Å²) in [7, 11) is 0. The van der Waals surface area contributed by atoms with E-state index in [1.807, 2.05) is 118 Å². The van der Waals surface area contributed by atoms with Crippen LogP contribution in [0, 0.1) is 24.5 Å². The normalized spacial score (nSPS) is 11.8. The summed E-state index contributed by atoms with van der Waals surface area (Å²) < 4.78 is 92.8. The van der Waals surface area contributed by atoms with E-state index < -0.39 is 29.0 Å². The number of hydrogen-bond donors (Lipinski definition) is 0. The number of halogens is 6. The first-order valence-electron chi connectivity index (χ1n) is 21.9. The maximum Gasteiger partial charge on any atom is 0.417 e. The average Bonchev–Trinajstić information content (AvgIpc) is 3.89. The third-order valence-corrected chi connectivity index (χ3v) is 12.9. The SMILES string of the molecule is [C-]#[N+]c1ccccc1-c1ccc2c(c1)c1ccccc1n2-c1cccc([N+]#[C-])c1-c1c(-c2ccc(C(F)(F)F)cc2C(F)(F)F)cccc1-n1c2ccccc2c2cc(-c3ccccc3C#N)ccc21. The molecule has 0 bridgehead atoms. The van der Waals surface area contributed by atoms with Gasteiger partial charge >= 0.3 is 12.4 Å². The summed E-state index contributed by atoms with van der Waals surface area (Å²) in [5, 5.41) is 13.2. The maximum atomic E-state index is 15.4. The van der Waals surface area contributed by atoms with E-state index in [1.165, 1.54) is 6.07 Å². The number of hydrogen-bond acceptors (Lipinski definition) is 1. The molecule has 0 aliphatic rings. The van der Waals surface area contributed by atoms with Crippen LogP contribution in [0.15, 0.2) is 188 Å². The van der Waals surface area contributed by atoms with E-state index in [0.29, 0.717) is 56.3 Å². The van der Waals surface area contributed by atoms with Gasteiger partial charge in [-0.25, -0.2) is 9.69 Å². The largest absolute Gasteiger partial charge is 0.417 e. The molecular weight excluding hydrogens is 893 g/mol. The lowest BCUT2D eigenvalue weighted by atomic mass is 9.87. The van der Waals surface area contributed by atoms with Crippen LogP contribution in [0.2, 0.25) is 0 Å². The summed E-state index contributed by atoms with van der Waals surface area (Å²) in [5.41, 5.74) is 4.41. The molecule has 0 amide bonds. The highest BCUT2D eigenvalue weighted by molar-refractivity contribution is 6.14. The minimum Gasteiger partial charge on any atom is -0.310 e. The standard InChI is InChI=1S/C59H31F6N5/c1-67-48-19-8-5-15-40(48)36-26-30-53-46(32-36)43-17-7-10-22-51(43)70(53)55-24-12-20-49(68-2)57(55)56-44(41-28-27-38(58(60,61)62)33-47(41)59(63,64)65)18-11-23-54(56)69-50-21-9-6-16-42(50)45-31-35(25-29-52(45)69)39-14-4-3-13-37(39)34-66/h3-33H. The van der Waals surface area contributed by atoms with Crippen molar-refractivity contribution in [2.24, 2.45) is 0 Å². The smallest absolute Gasteiger partial charge is 0.310 e. The van der Waals surface area contributed by atoms with E-state index in [1.54, 1.807) is 54.6 Å². The molecule has 0 radical (unpaired) electrons. The highest BCUT2D eigenvalue weighted by Gasteiger charge is 2.39. The number of para-hydroxylation sites is 3. The van der Waals surface area contributed by atoms with E-state index in [-0.39, 0.29) is 28.4 Å². The van der Waals surface area contributed by atoms with Gasteiger partial charge in [0.2, 0.25) is 0 Å². The molecule has 70 heavy (non-hydrogen) atoms. The highest BCUT2D eigenvalue weighted by atomic mass is 19.4. The summed E-state index contributed by atoms with van der Waals surface area (Å²) in [6, 6.07) is 55.0. The van der Waals surface area contributed by atoms with Crippen molar-refractivity contribution in [1.29, 1.82) is 5.26 Å². The number of fused-ring (bicyclic) bond motifs is 6. The van der Waals surface area contributed by atoms with Crippen molar-refractivity contribution in [3.05, 3.63) is 228 Å².